The summed E-state index contributed by atoms with van der Waals surface area (Å²) in [5.41, 5.74) is 6.52. The molecule has 1 heterocycles. The van der Waals surface area contributed by atoms with Crippen LogP contribution in [-0.2, 0) is 0 Å². The molecule has 1 unspecified atom stereocenters. The van der Waals surface area contributed by atoms with Crippen LogP contribution in [0.1, 0.15) is 18.5 Å². The van der Waals surface area contributed by atoms with Crippen LogP contribution in [0.3, 0.4) is 0 Å². The quantitative estimate of drug-likeness (QED) is 0.893. The second-order valence-corrected chi connectivity index (χ2v) is 4.30. The summed E-state index contributed by atoms with van der Waals surface area (Å²) in [6.45, 7) is 1.95. The normalized spacial score (nSPS) is 11.9. The molecule has 0 spiro atoms. The zero-order valence-electron chi connectivity index (χ0n) is 10.6. The van der Waals surface area contributed by atoms with Crippen molar-refractivity contribution in [3.63, 3.8) is 0 Å². The Morgan fingerprint density at radius 2 is 2.00 bits per heavy atom. The topological polar surface area (TPSA) is 86.0 Å². The molecule has 0 aliphatic carbocycles. The highest BCUT2D eigenvalue weighted by Gasteiger charge is 2.12. The smallest absolute Gasteiger partial charge is 0.322 e. The Hall–Kier alpha value is -2.08. The van der Waals surface area contributed by atoms with Gasteiger partial charge in [-0.2, -0.15) is 15.0 Å². The Morgan fingerprint density at radius 1 is 1.26 bits per heavy atom. The van der Waals surface area contributed by atoms with Crippen molar-refractivity contribution >= 4 is 23.5 Å². The molecule has 6 nitrogen and oxygen atoms in total. The van der Waals surface area contributed by atoms with Crippen molar-refractivity contribution in [3.8, 4) is 6.01 Å². The van der Waals surface area contributed by atoms with Crippen molar-refractivity contribution in [2.24, 2.45) is 0 Å². The summed E-state index contributed by atoms with van der Waals surface area (Å²) in [5, 5.41) is 3.79. The molecule has 0 radical (unpaired) electrons. The molecule has 0 bridgehead atoms. The number of anilines is 2. The molecule has 0 aliphatic rings. The first-order valence-electron chi connectivity index (χ1n) is 5.66. The third-order valence-corrected chi connectivity index (χ3v) is 2.88. The van der Waals surface area contributed by atoms with E-state index in [1.54, 1.807) is 0 Å². The molecule has 0 amide bonds. The molecule has 2 rings (SSSR count). The van der Waals surface area contributed by atoms with E-state index in [2.05, 4.69) is 20.3 Å². The number of methoxy groups -OCH3 is 1. The minimum atomic E-state index is -0.0693. The van der Waals surface area contributed by atoms with Gasteiger partial charge >= 0.3 is 6.01 Å². The highest BCUT2D eigenvalue weighted by molar-refractivity contribution is 6.31. The van der Waals surface area contributed by atoms with Crippen LogP contribution >= 0.6 is 11.6 Å². The lowest BCUT2D eigenvalue weighted by molar-refractivity contribution is 0.379. The molecule has 0 fully saturated rings. The second-order valence-electron chi connectivity index (χ2n) is 3.89. The van der Waals surface area contributed by atoms with E-state index < -0.39 is 0 Å². The van der Waals surface area contributed by atoms with Gasteiger partial charge in [0.2, 0.25) is 11.9 Å². The summed E-state index contributed by atoms with van der Waals surface area (Å²) in [4.78, 5) is 11.9. The van der Waals surface area contributed by atoms with Gasteiger partial charge in [0.05, 0.1) is 13.2 Å². The highest BCUT2D eigenvalue weighted by atomic mass is 35.5. The van der Waals surface area contributed by atoms with E-state index in [-0.39, 0.29) is 18.0 Å². The molecule has 3 N–H and O–H groups in total. The van der Waals surface area contributed by atoms with Crippen LogP contribution in [0.2, 0.25) is 5.02 Å². The van der Waals surface area contributed by atoms with Crippen molar-refractivity contribution in [2.75, 3.05) is 18.2 Å². The first-order chi connectivity index (χ1) is 9.10. The van der Waals surface area contributed by atoms with E-state index in [1.807, 2.05) is 31.2 Å². The van der Waals surface area contributed by atoms with Crippen molar-refractivity contribution in [2.45, 2.75) is 13.0 Å². The Labute approximate surface area is 116 Å². The fourth-order valence-corrected chi connectivity index (χ4v) is 1.92. The SMILES string of the molecule is COc1nc(N)nc(NC(C)c2ccccc2Cl)n1. The number of nitrogens with zero attached hydrogens (tertiary/aromatic N) is 3. The van der Waals surface area contributed by atoms with E-state index in [1.165, 1.54) is 7.11 Å². The minimum absolute atomic E-state index is 0.0693. The largest absolute Gasteiger partial charge is 0.467 e. The predicted molar refractivity (Wildman–Crippen MR) is 74.3 cm³/mol. The number of hydrogen-bond acceptors (Lipinski definition) is 6. The number of hydrogen-bond donors (Lipinski definition) is 2. The van der Waals surface area contributed by atoms with Crippen LogP contribution in [0.4, 0.5) is 11.9 Å². The van der Waals surface area contributed by atoms with Gasteiger partial charge in [0, 0.05) is 5.02 Å². The minimum Gasteiger partial charge on any atom is -0.467 e. The van der Waals surface area contributed by atoms with E-state index in [4.69, 9.17) is 22.1 Å². The van der Waals surface area contributed by atoms with Crippen LogP contribution < -0.4 is 15.8 Å². The maximum Gasteiger partial charge on any atom is 0.322 e. The van der Waals surface area contributed by atoms with Crippen molar-refractivity contribution in [1.82, 2.24) is 15.0 Å². The zero-order valence-corrected chi connectivity index (χ0v) is 11.3. The highest BCUT2D eigenvalue weighted by Crippen LogP contribution is 2.24. The van der Waals surface area contributed by atoms with Gasteiger partial charge in [0.1, 0.15) is 0 Å². The second kappa shape index (κ2) is 5.71. The van der Waals surface area contributed by atoms with Gasteiger partial charge in [0.15, 0.2) is 0 Å². The van der Waals surface area contributed by atoms with Gasteiger partial charge in [-0.1, -0.05) is 29.8 Å². The Morgan fingerprint density at radius 3 is 2.68 bits per heavy atom. The van der Waals surface area contributed by atoms with E-state index in [9.17, 15) is 0 Å². The molecule has 100 valence electrons. The lowest BCUT2D eigenvalue weighted by atomic mass is 10.1. The molecule has 2 aromatic rings. The molecule has 7 heteroatoms. The summed E-state index contributed by atoms with van der Waals surface area (Å²) in [5.74, 6) is 0.442. The van der Waals surface area contributed by atoms with Crippen LogP contribution in [0.25, 0.3) is 0 Å². The lowest BCUT2D eigenvalue weighted by Gasteiger charge is -2.15. The van der Waals surface area contributed by atoms with Gasteiger partial charge in [0.25, 0.3) is 0 Å². The van der Waals surface area contributed by atoms with Crippen LogP contribution in [0, 0.1) is 0 Å². The number of ether oxygens (including phenoxy) is 1. The van der Waals surface area contributed by atoms with E-state index in [0.29, 0.717) is 11.0 Å². The Balaban J connectivity index is 2.21. The van der Waals surface area contributed by atoms with Crippen molar-refractivity contribution < 1.29 is 4.74 Å². The van der Waals surface area contributed by atoms with Gasteiger partial charge in [-0.3, -0.25) is 0 Å². The summed E-state index contributed by atoms with van der Waals surface area (Å²) in [6, 6.07) is 7.66. The van der Waals surface area contributed by atoms with Crippen molar-refractivity contribution in [3.05, 3.63) is 34.9 Å². The number of nitrogen functional groups attached to an aromatic ring is 1. The number of nitrogens with two attached hydrogens (primary N) is 1. The first-order valence-corrected chi connectivity index (χ1v) is 6.04. The molecule has 1 aromatic carbocycles. The number of benzene rings is 1. The zero-order chi connectivity index (χ0) is 13.8. The summed E-state index contributed by atoms with van der Waals surface area (Å²) < 4.78 is 4.94. The molecule has 1 atom stereocenters. The fourth-order valence-electron chi connectivity index (χ4n) is 1.63. The number of aromatic nitrogens is 3. The van der Waals surface area contributed by atoms with Crippen molar-refractivity contribution in [1.29, 1.82) is 0 Å². The third-order valence-electron chi connectivity index (χ3n) is 2.53. The number of rotatable bonds is 4. The standard InChI is InChI=1S/C12H14ClN5O/c1-7(8-5-3-4-6-9(8)13)15-11-16-10(14)17-12(18-11)19-2/h3-7H,1-2H3,(H3,14,15,16,17,18). The van der Waals surface area contributed by atoms with E-state index >= 15 is 0 Å². The molecule has 19 heavy (non-hydrogen) atoms. The van der Waals surface area contributed by atoms with Gasteiger partial charge in [-0.05, 0) is 18.6 Å². The monoisotopic (exact) mass is 279 g/mol. The predicted octanol–water partition coefficient (Wildman–Crippen LogP) is 2.29. The fraction of sp³-hybridized carbons (Fsp3) is 0.250. The maximum atomic E-state index is 6.13. The molecular weight excluding hydrogens is 266 g/mol. The van der Waals surface area contributed by atoms with Crippen LogP contribution in [-0.4, -0.2) is 22.1 Å². The molecule has 1 aromatic heterocycles. The van der Waals surface area contributed by atoms with Gasteiger partial charge in [-0.25, -0.2) is 0 Å². The number of halogens is 1. The summed E-state index contributed by atoms with van der Waals surface area (Å²) in [7, 11) is 1.47. The lowest BCUT2D eigenvalue weighted by Crippen LogP contribution is -2.12. The van der Waals surface area contributed by atoms with Crippen LogP contribution in [0.15, 0.2) is 24.3 Å². The Bertz CT molecular complexity index is 578. The van der Waals surface area contributed by atoms with Crippen LogP contribution in [0.5, 0.6) is 6.01 Å². The number of nitrogens with one attached hydrogen (secondary N) is 1. The summed E-state index contributed by atoms with van der Waals surface area (Å²) in [6.07, 6.45) is 0. The average molecular weight is 280 g/mol. The Kier molecular flexibility index (Phi) is 4.01. The molecule has 0 aliphatic heterocycles. The maximum absolute atomic E-state index is 6.13. The summed E-state index contributed by atoms with van der Waals surface area (Å²) >= 11 is 6.13. The first kappa shape index (κ1) is 13.4. The van der Waals surface area contributed by atoms with Gasteiger partial charge < -0.3 is 15.8 Å². The molecule has 0 saturated heterocycles. The van der Waals surface area contributed by atoms with E-state index in [0.717, 1.165) is 5.56 Å². The van der Waals surface area contributed by atoms with Gasteiger partial charge in [-0.15, -0.1) is 0 Å². The third kappa shape index (κ3) is 3.23. The molecule has 0 saturated carbocycles. The average Bonchev–Trinajstić information content (AvgIpc) is 2.38. The molecular formula is C12H14ClN5O.